The van der Waals surface area contributed by atoms with Gasteiger partial charge in [0.15, 0.2) is 0 Å². The fourth-order valence-electron chi connectivity index (χ4n) is 2.79. The molecule has 0 amide bonds. The molecule has 2 rings (SSSR count). The Labute approximate surface area is 223 Å². The third-order valence-corrected chi connectivity index (χ3v) is 5.40. The molecule has 0 spiro atoms. The number of rotatable bonds is 14. The second-order valence-corrected chi connectivity index (χ2v) is 8.75. The van der Waals surface area contributed by atoms with Crippen LogP contribution in [0.4, 0.5) is 4.79 Å². The lowest BCUT2D eigenvalue weighted by molar-refractivity contribution is 0.0534. The van der Waals surface area contributed by atoms with Gasteiger partial charge in [0.1, 0.15) is 0 Å². The molecule has 0 aliphatic carbocycles. The lowest BCUT2D eigenvalue weighted by atomic mass is 10.1. The van der Waals surface area contributed by atoms with Crippen LogP contribution < -0.4 is 0 Å². The number of aliphatic hydroxyl groups is 1. The van der Waals surface area contributed by atoms with Gasteiger partial charge in [0.25, 0.3) is 0 Å². The molecule has 35 heavy (non-hydrogen) atoms. The smallest absolute Gasteiger partial charge is 0.434 e. The first-order valence-electron chi connectivity index (χ1n) is 12.7. The molecule has 0 bridgehead atoms. The van der Waals surface area contributed by atoms with Crippen LogP contribution in [0.15, 0.2) is 60.7 Å². The Hall–Kier alpha value is -1.85. The average Bonchev–Trinajstić information content (AvgIpc) is 2.87. The molecule has 4 nitrogen and oxygen atoms in total. The van der Waals surface area contributed by atoms with Crippen LogP contribution in [0.2, 0.25) is 0 Å². The summed E-state index contributed by atoms with van der Waals surface area (Å²) in [6.07, 6.45) is 9.97. The van der Waals surface area contributed by atoms with Crippen molar-refractivity contribution in [2.24, 2.45) is 0 Å². The topological polar surface area (TPSA) is 55.8 Å². The highest BCUT2D eigenvalue weighted by atomic mass is 79.9. The highest BCUT2D eigenvalue weighted by Crippen LogP contribution is 2.05. The minimum absolute atomic E-state index is 0. The van der Waals surface area contributed by atoms with E-state index in [0.29, 0.717) is 19.8 Å². The summed E-state index contributed by atoms with van der Waals surface area (Å²) in [5, 5.41) is 9.70. The monoisotopic (exact) mass is 552 g/mol. The molecule has 0 saturated heterocycles. The SMILES string of the molecule is C.CCCCBr.CCCCOC(=O)OCCCCc1ccccc1.OCCCCc1ccccc1. The van der Waals surface area contributed by atoms with Crippen molar-refractivity contribution >= 4 is 22.1 Å². The summed E-state index contributed by atoms with van der Waals surface area (Å²) in [6, 6.07) is 20.7. The van der Waals surface area contributed by atoms with Gasteiger partial charge in [-0.3, -0.25) is 0 Å². The number of ether oxygens (including phenoxy) is 2. The summed E-state index contributed by atoms with van der Waals surface area (Å²) >= 11 is 3.31. The van der Waals surface area contributed by atoms with Gasteiger partial charge in [-0.25, -0.2) is 4.79 Å². The van der Waals surface area contributed by atoms with E-state index in [9.17, 15) is 4.79 Å². The highest BCUT2D eigenvalue weighted by Gasteiger charge is 2.02. The second kappa shape index (κ2) is 28.4. The summed E-state index contributed by atoms with van der Waals surface area (Å²) in [4.78, 5) is 11.1. The van der Waals surface area contributed by atoms with Crippen LogP contribution in [-0.4, -0.2) is 36.4 Å². The van der Waals surface area contributed by atoms with Crippen molar-refractivity contribution in [1.29, 1.82) is 0 Å². The average molecular weight is 554 g/mol. The summed E-state index contributed by atoms with van der Waals surface area (Å²) in [5.41, 5.74) is 2.68. The molecule has 0 radical (unpaired) electrons. The third-order valence-electron chi connectivity index (χ3n) is 4.84. The van der Waals surface area contributed by atoms with Crippen LogP contribution in [0, 0.1) is 0 Å². The summed E-state index contributed by atoms with van der Waals surface area (Å²) in [6.45, 7) is 5.45. The minimum Gasteiger partial charge on any atom is -0.434 e. The summed E-state index contributed by atoms with van der Waals surface area (Å²) < 4.78 is 9.85. The minimum atomic E-state index is -0.539. The number of halogens is 1. The normalized spacial score (nSPS) is 9.49. The molecule has 0 atom stereocenters. The quantitative estimate of drug-likeness (QED) is 0.144. The van der Waals surface area contributed by atoms with Crippen molar-refractivity contribution in [2.45, 2.75) is 85.5 Å². The lowest BCUT2D eigenvalue weighted by Gasteiger charge is -2.05. The van der Waals surface area contributed by atoms with Crippen molar-refractivity contribution in [2.75, 3.05) is 25.2 Å². The van der Waals surface area contributed by atoms with E-state index in [1.807, 2.05) is 36.4 Å². The Morgan fingerprint density at radius 1 is 0.714 bits per heavy atom. The van der Waals surface area contributed by atoms with E-state index >= 15 is 0 Å². The number of unbranched alkanes of at least 4 members (excludes halogenated alkanes) is 4. The maximum absolute atomic E-state index is 11.1. The lowest BCUT2D eigenvalue weighted by Crippen LogP contribution is -2.09. The van der Waals surface area contributed by atoms with Crippen molar-refractivity contribution < 1.29 is 19.4 Å². The molecule has 200 valence electrons. The van der Waals surface area contributed by atoms with Gasteiger partial charge in [-0.05, 0) is 62.5 Å². The molecule has 0 saturated carbocycles. The Kier molecular flexibility index (Phi) is 28.6. The number of hydrogen-bond acceptors (Lipinski definition) is 4. The van der Waals surface area contributed by atoms with Crippen molar-refractivity contribution in [1.82, 2.24) is 0 Å². The molecule has 0 aromatic heterocycles. The molecule has 0 aliphatic rings. The van der Waals surface area contributed by atoms with Gasteiger partial charge in [0.2, 0.25) is 0 Å². The zero-order chi connectivity index (χ0) is 25.1. The number of aryl methyl sites for hydroxylation is 2. The molecule has 2 aromatic rings. The van der Waals surface area contributed by atoms with Gasteiger partial charge in [0, 0.05) is 11.9 Å². The summed E-state index contributed by atoms with van der Waals surface area (Å²) in [5.74, 6) is 0. The van der Waals surface area contributed by atoms with Crippen LogP contribution >= 0.6 is 15.9 Å². The fraction of sp³-hybridized carbons (Fsp3) is 0.567. The number of benzene rings is 2. The van der Waals surface area contributed by atoms with Crippen molar-refractivity contribution in [3.8, 4) is 0 Å². The number of carbonyl (C=O) groups is 1. The van der Waals surface area contributed by atoms with Crippen LogP contribution in [0.3, 0.4) is 0 Å². The Bertz CT molecular complexity index is 663. The Balaban J connectivity index is 0. The molecular weight excluding hydrogens is 504 g/mol. The molecule has 5 heteroatoms. The Morgan fingerprint density at radius 3 is 1.57 bits per heavy atom. The molecule has 1 N–H and O–H groups in total. The standard InChI is InChI=1S/C15H22O3.C10H14O.C4H9Br.CH4/c1-2-3-12-17-15(16)18-13-8-7-11-14-9-5-4-6-10-14;11-9-5-4-8-10-6-2-1-3-7-10;1-2-3-4-5;/h4-6,9-10H,2-3,7-8,11-13H2,1H3;1-3,6-7,11H,4-5,8-9H2;2-4H2,1H3;1H4. The van der Waals surface area contributed by atoms with Crippen molar-refractivity contribution in [3.05, 3.63) is 71.8 Å². The second-order valence-electron chi connectivity index (χ2n) is 7.95. The van der Waals surface area contributed by atoms with E-state index in [4.69, 9.17) is 14.6 Å². The van der Waals surface area contributed by atoms with Gasteiger partial charge in [0.05, 0.1) is 13.2 Å². The molecule has 2 aromatic carbocycles. The largest absolute Gasteiger partial charge is 0.508 e. The maximum Gasteiger partial charge on any atom is 0.508 e. The number of aliphatic hydroxyl groups excluding tert-OH is 1. The maximum atomic E-state index is 11.1. The van der Waals surface area contributed by atoms with Gasteiger partial charge in [-0.1, -0.05) is 111 Å². The molecule has 0 fully saturated rings. The van der Waals surface area contributed by atoms with E-state index in [0.717, 1.165) is 56.7 Å². The van der Waals surface area contributed by atoms with Crippen molar-refractivity contribution in [3.63, 3.8) is 0 Å². The van der Waals surface area contributed by atoms with Gasteiger partial charge in [-0.15, -0.1) is 0 Å². The number of alkyl halides is 1. The molecular formula is C30H49BrO4. The predicted octanol–water partition coefficient (Wildman–Crippen LogP) is 8.78. The molecule has 0 heterocycles. The summed E-state index contributed by atoms with van der Waals surface area (Å²) in [7, 11) is 0. The number of hydrogen-bond donors (Lipinski definition) is 1. The zero-order valence-corrected chi connectivity index (χ0v) is 22.8. The van der Waals surface area contributed by atoms with E-state index < -0.39 is 6.16 Å². The fourth-order valence-corrected chi connectivity index (χ4v) is 3.35. The van der Waals surface area contributed by atoms with E-state index in [1.54, 1.807) is 0 Å². The van der Waals surface area contributed by atoms with Crippen LogP contribution in [-0.2, 0) is 22.3 Å². The zero-order valence-electron chi connectivity index (χ0n) is 21.2. The number of carbonyl (C=O) groups excluding carboxylic acids is 1. The molecule has 0 unspecified atom stereocenters. The first kappa shape index (κ1) is 35.3. The van der Waals surface area contributed by atoms with Gasteiger partial charge >= 0.3 is 6.16 Å². The Morgan fingerprint density at radius 2 is 1.17 bits per heavy atom. The first-order valence-corrected chi connectivity index (χ1v) is 13.8. The van der Waals surface area contributed by atoms with Crippen LogP contribution in [0.5, 0.6) is 0 Å². The van der Waals surface area contributed by atoms with E-state index in [1.165, 1.54) is 24.0 Å². The highest BCUT2D eigenvalue weighted by molar-refractivity contribution is 9.09. The van der Waals surface area contributed by atoms with Crippen LogP contribution in [0.1, 0.15) is 83.8 Å². The van der Waals surface area contributed by atoms with Gasteiger partial charge < -0.3 is 14.6 Å². The first-order chi connectivity index (χ1) is 16.7. The van der Waals surface area contributed by atoms with Crippen LogP contribution in [0.25, 0.3) is 0 Å². The van der Waals surface area contributed by atoms with E-state index in [-0.39, 0.29) is 7.43 Å². The van der Waals surface area contributed by atoms with Gasteiger partial charge in [-0.2, -0.15) is 0 Å². The predicted molar refractivity (Wildman–Crippen MR) is 153 cm³/mol. The van der Waals surface area contributed by atoms with E-state index in [2.05, 4.69) is 54.0 Å². The molecule has 0 aliphatic heterocycles. The third kappa shape index (κ3) is 25.1.